The maximum absolute atomic E-state index is 5.48. The van der Waals surface area contributed by atoms with Gasteiger partial charge in [0, 0.05) is 25.0 Å². The van der Waals surface area contributed by atoms with Gasteiger partial charge in [0.2, 0.25) is 0 Å². The Morgan fingerprint density at radius 1 is 1.26 bits per heavy atom. The van der Waals surface area contributed by atoms with Crippen LogP contribution in [0.2, 0.25) is 0 Å². The van der Waals surface area contributed by atoms with Crippen molar-refractivity contribution >= 4 is 0 Å². The fourth-order valence-electron chi connectivity index (χ4n) is 2.91. The molecular formula is C16H26N2O. The Labute approximate surface area is 116 Å². The fraction of sp³-hybridized carbons (Fsp3) is 0.625. The van der Waals surface area contributed by atoms with E-state index in [9.17, 15) is 0 Å². The van der Waals surface area contributed by atoms with Gasteiger partial charge < -0.3 is 15.0 Å². The Hall–Kier alpha value is -1.06. The summed E-state index contributed by atoms with van der Waals surface area (Å²) in [5, 5.41) is 3.37. The van der Waals surface area contributed by atoms with E-state index in [4.69, 9.17) is 4.74 Å². The van der Waals surface area contributed by atoms with E-state index in [0.29, 0.717) is 17.9 Å². The van der Waals surface area contributed by atoms with Gasteiger partial charge >= 0.3 is 0 Å². The van der Waals surface area contributed by atoms with Gasteiger partial charge in [-0.3, -0.25) is 0 Å². The van der Waals surface area contributed by atoms with Crippen LogP contribution in [0.1, 0.15) is 36.9 Å². The van der Waals surface area contributed by atoms with Crippen LogP contribution >= 0.6 is 0 Å². The normalized spacial score (nSPS) is 17.6. The lowest BCUT2D eigenvalue weighted by Gasteiger charge is -2.39. The molecule has 1 unspecified atom stereocenters. The van der Waals surface area contributed by atoms with Crippen molar-refractivity contribution < 1.29 is 4.74 Å². The number of rotatable bonds is 5. The second-order valence-electron chi connectivity index (χ2n) is 5.98. The smallest absolute Gasteiger partial charge is 0.122 e. The molecule has 1 aliphatic rings. The summed E-state index contributed by atoms with van der Waals surface area (Å²) < 4.78 is 5.48. The van der Waals surface area contributed by atoms with Crippen LogP contribution in [0.4, 0.5) is 0 Å². The number of hydrogen-bond acceptors (Lipinski definition) is 3. The average molecular weight is 262 g/mol. The van der Waals surface area contributed by atoms with Gasteiger partial charge in [-0.25, -0.2) is 0 Å². The second-order valence-corrected chi connectivity index (χ2v) is 5.98. The molecule has 0 spiro atoms. The maximum Gasteiger partial charge on any atom is 0.122 e. The standard InChI is InChI=1S/C16H26N2O/c1-11(2)14-8-12(6-7-15(14)19-5)16(18(3)4)13-9-17-10-13/h6-8,11,13,16-17H,9-10H2,1-5H3. The van der Waals surface area contributed by atoms with Crippen molar-refractivity contribution in [2.45, 2.75) is 25.8 Å². The van der Waals surface area contributed by atoms with Crippen molar-refractivity contribution in [1.29, 1.82) is 0 Å². The lowest BCUT2D eigenvalue weighted by molar-refractivity contribution is 0.160. The molecule has 0 bridgehead atoms. The van der Waals surface area contributed by atoms with E-state index in [-0.39, 0.29) is 0 Å². The summed E-state index contributed by atoms with van der Waals surface area (Å²) in [6.07, 6.45) is 0. The first kappa shape index (κ1) is 14.4. The Bertz CT molecular complexity index is 425. The predicted octanol–water partition coefficient (Wildman–Crippen LogP) is 2.64. The molecule has 0 aromatic heterocycles. The first-order chi connectivity index (χ1) is 9.04. The maximum atomic E-state index is 5.48. The largest absolute Gasteiger partial charge is 0.496 e. The lowest BCUT2D eigenvalue weighted by Crippen LogP contribution is -2.48. The van der Waals surface area contributed by atoms with E-state index in [1.165, 1.54) is 11.1 Å². The minimum Gasteiger partial charge on any atom is -0.496 e. The van der Waals surface area contributed by atoms with Gasteiger partial charge in [0.1, 0.15) is 5.75 Å². The molecule has 3 nitrogen and oxygen atoms in total. The summed E-state index contributed by atoms with van der Waals surface area (Å²) in [4.78, 5) is 2.33. The number of hydrogen-bond donors (Lipinski definition) is 1. The van der Waals surface area contributed by atoms with Crippen molar-refractivity contribution in [1.82, 2.24) is 10.2 Å². The first-order valence-electron chi connectivity index (χ1n) is 7.09. The number of nitrogens with zero attached hydrogens (tertiary/aromatic N) is 1. The molecule has 1 N–H and O–H groups in total. The molecule has 106 valence electrons. The van der Waals surface area contributed by atoms with E-state index in [1.54, 1.807) is 7.11 Å². The van der Waals surface area contributed by atoms with Crippen LogP contribution in [0, 0.1) is 5.92 Å². The zero-order chi connectivity index (χ0) is 14.0. The van der Waals surface area contributed by atoms with Crippen LogP contribution in [-0.4, -0.2) is 39.2 Å². The first-order valence-corrected chi connectivity index (χ1v) is 7.09. The molecule has 1 aromatic carbocycles. The Kier molecular flexibility index (Phi) is 4.48. The topological polar surface area (TPSA) is 24.5 Å². The van der Waals surface area contributed by atoms with E-state index in [2.05, 4.69) is 56.4 Å². The molecule has 1 atom stereocenters. The zero-order valence-electron chi connectivity index (χ0n) is 12.7. The van der Waals surface area contributed by atoms with Crippen molar-refractivity contribution in [3.05, 3.63) is 29.3 Å². The molecule has 1 saturated heterocycles. The highest BCUT2D eigenvalue weighted by molar-refractivity contribution is 5.40. The minimum atomic E-state index is 0.484. The molecule has 1 aliphatic heterocycles. The van der Waals surface area contributed by atoms with Gasteiger partial charge in [-0.2, -0.15) is 0 Å². The number of ether oxygens (including phenoxy) is 1. The molecule has 0 aliphatic carbocycles. The highest BCUT2D eigenvalue weighted by atomic mass is 16.5. The summed E-state index contributed by atoms with van der Waals surface area (Å²) in [7, 11) is 6.09. The highest BCUT2D eigenvalue weighted by Gasteiger charge is 2.30. The minimum absolute atomic E-state index is 0.484. The van der Waals surface area contributed by atoms with Gasteiger partial charge in [0.25, 0.3) is 0 Å². The monoisotopic (exact) mass is 262 g/mol. The summed E-state index contributed by atoms with van der Waals surface area (Å²) in [5.74, 6) is 2.20. The van der Waals surface area contributed by atoms with Crippen molar-refractivity contribution in [2.24, 2.45) is 5.92 Å². The van der Waals surface area contributed by atoms with E-state index in [1.807, 2.05) is 0 Å². The molecule has 0 amide bonds. The average Bonchev–Trinajstić information content (AvgIpc) is 2.32. The third-order valence-corrected chi connectivity index (χ3v) is 4.03. The Morgan fingerprint density at radius 2 is 1.95 bits per heavy atom. The van der Waals surface area contributed by atoms with Crippen molar-refractivity contribution in [3.8, 4) is 5.75 Å². The third kappa shape index (κ3) is 2.93. The molecule has 3 heteroatoms. The second kappa shape index (κ2) is 5.93. The van der Waals surface area contributed by atoms with Crippen molar-refractivity contribution in [2.75, 3.05) is 34.3 Å². The number of methoxy groups -OCH3 is 1. The molecule has 19 heavy (non-hydrogen) atoms. The van der Waals surface area contributed by atoms with E-state index < -0.39 is 0 Å². The molecule has 1 heterocycles. The van der Waals surface area contributed by atoms with Crippen molar-refractivity contribution in [3.63, 3.8) is 0 Å². The highest BCUT2D eigenvalue weighted by Crippen LogP contribution is 2.34. The van der Waals surface area contributed by atoms with Gasteiger partial charge in [-0.05, 0) is 37.2 Å². The number of benzene rings is 1. The number of nitrogens with one attached hydrogen (secondary N) is 1. The summed E-state index contributed by atoms with van der Waals surface area (Å²) in [6, 6.07) is 7.15. The SMILES string of the molecule is COc1ccc(C(C2CNC2)N(C)C)cc1C(C)C. The van der Waals surface area contributed by atoms with Gasteiger partial charge in [-0.1, -0.05) is 26.0 Å². The van der Waals surface area contributed by atoms with E-state index in [0.717, 1.165) is 18.8 Å². The third-order valence-electron chi connectivity index (χ3n) is 4.03. The molecule has 0 radical (unpaired) electrons. The van der Waals surface area contributed by atoms with Crippen LogP contribution in [0.15, 0.2) is 18.2 Å². The fourth-order valence-corrected chi connectivity index (χ4v) is 2.91. The molecule has 1 aromatic rings. The van der Waals surface area contributed by atoms with Crippen LogP contribution < -0.4 is 10.1 Å². The van der Waals surface area contributed by atoms with Crippen LogP contribution in [-0.2, 0) is 0 Å². The Morgan fingerprint density at radius 3 is 2.37 bits per heavy atom. The molecular weight excluding hydrogens is 236 g/mol. The van der Waals surface area contributed by atoms with Gasteiger partial charge in [0.15, 0.2) is 0 Å². The molecule has 1 fully saturated rings. The van der Waals surface area contributed by atoms with Gasteiger partial charge in [0.05, 0.1) is 7.11 Å². The summed E-state index contributed by atoms with van der Waals surface area (Å²) >= 11 is 0. The Balaban J connectivity index is 2.34. The lowest BCUT2D eigenvalue weighted by atomic mass is 9.86. The zero-order valence-corrected chi connectivity index (χ0v) is 12.7. The quantitative estimate of drug-likeness (QED) is 0.883. The summed E-state index contributed by atoms with van der Waals surface area (Å²) in [5.41, 5.74) is 2.71. The van der Waals surface area contributed by atoms with E-state index >= 15 is 0 Å². The summed E-state index contributed by atoms with van der Waals surface area (Å²) in [6.45, 7) is 6.67. The predicted molar refractivity (Wildman–Crippen MR) is 79.9 cm³/mol. The van der Waals surface area contributed by atoms with Crippen LogP contribution in [0.3, 0.4) is 0 Å². The molecule has 2 rings (SSSR count). The van der Waals surface area contributed by atoms with Crippen LogP contribution in [0.25, 0.3) is 0 Å². The van der Waals surface area contributed by atoms with Gasteiger partial charge in [-0.15, -0.1) is 0 Å². The molecule has 0 saturated carbocycles. The van der Waals surface area contributed by atoms with Crippen LogP contribution in [0.5, 0.6) is 5.75 Å².